The first-order chi connectivity index (χ1) is 23.3. The summed E-state index contributed by atoms with van der Waals surface area (Å²) in [5.74, 6) is 1.88. The van der Waals surface area contributed by atoms with Crippen molar-refractivity contribution in [1.29, 1.82) is 0 Å². The van der Waals surface area contributed by atoms with Crippen molar-refractivity contribution >= 4 is 32.6 Å². The van der Waals surface area contributed by atoms with Crippen LogP contribution in [0.1, 0.15) is 0 Å². The first-order valence-electron chi connectivity index (χ1n) is 15.9. The summed E-state index contributed by atoms with van der Waals surface area (Å²) in [6.07, 6.45) is 0. The molecular formula is C43H26N4. The topological polar surface area (TPSA) is 43.6 Å². The normalized spacial score (nSPS) is 11.8. The van der Waals surface area contributed by atoms with Gasteiger partial charge in [0.1, 0.15) is 0 Å². The maximum absolute atomic E-state index is 5.19. The Morgan fingerprint density at radius 2 is 0.957 bits per heavy atom. The maximum atomic E-state index is 5.19. The van der Waals surface area contributed by atoms with Crippen LogP contribution in [0.3, 0.4) is 0 Å². The Morgan fingerprint density at radius 3 is 1.70 bits per heavy atom. The lowest BCUT2D eigenvalue weighted by Gasteiger charge is -2.12. The lowest BCUT2D eigenvalue weighted by atomic mass is 9.98. The van der Waals surface area contributed by atoms with Gasteiger partial charge in [-0.2, -0.15) is 9.97 Å². The van der Waals surface area contributed by atoms with Crippen molar-refractivity contribution in [2.24, 2.45) is 0 Å². The van der Waals surface area contributed by atoms with Crippen molar-refractivity contribution in [2.45, 2.75) is 0 Å². The van der Waals surface area contributed by atoms with E-state index >= 15 is 0 Å². The number of hydrogen-bond donors (Lipinski definition) is 0. The molecule has 9 aromatic rings. The van der Waals surface area contributed by atoms with Crippen LogP contribution in [-0.4, -0.2) is 19.5 Å². The first-order valence-corrected chi connectivity index (χ1v) is 15.9. The summed E-state index contributed by atoms with van der Waals surface area (Å²) in [7, 11) is 0. The summed E-state index contributed by atoms with van der Waals surface area (Å²) in [6.45, 7) is 0. The van der Waals surface area contributed by atoms with Crippen LogP contribution >= 0.6 is 0 Å². The van der Waals surface area contributed by atoms with Gasteiger partial charge >= 0.3 is 0 Å². The van der Waals surface area contributed by atoms with Crippen LogP contribution in [0.5, 0.6) is 0 Å². The van der Waals surface area contributed by atoms with Gasteiger partial charge in [0, 0.05) is 27.5 Å². The Kier molecular flexibility index (Phi) is 5.54. The van der Waals surface area contributed by atoms with E-state index in [0.29, 0.717) is 17.6 Å². The zero-order valence-corrected chi connectivity index (χ0v) is 25.3. The molecule has 1 aliphatic carbocycles. The van der Waals surface area contributed by atoms with Gasteiger partial charge < -0.3 is 0 Å². The van der Waals surface area contributed by atoms with Gasteiger partial charge in [0.25, 0.3) is 0 Å². The average molecular weight is 599 g/mol. The number of benzene rings is 7. The van der Waals surface area contributed by atoms with Crippen LogP contribution in [-0.2, 0) is 0 Å². The van der Waals surface area contributed by atoms with E-state index in [9.17, 15) is 0 Å². The molecule has 10 rings (SSSR count). The molecule has 0 aliphatic heterocycles. The maximum Gasteiger partial charge on any atom is 0.238 e. The fourth-order valence-electron chi connectivity index (χ4n) is 7.31. The van der Waals surface area contributed by atoms with Gasteiger partial charge in [0.2, 0.25) is 5.95 Å². The molecule has 4 nitrogen and oxygen atoms in total. The highest BCUT2D eigenvalue weighted by molar-refractivity contribution is 6.26. The van der Waals surface area contributed by atoms with Crippen LogP contribution in [0, 0.1) is 0 Å². The van der Waals surface area contributed by atoms with Gasteiger partial charge in [-0.3, -0.25) is 4.57 Å². The quantitative estimate of drug-likeness (QED) is 0.202. The predicted molar refractivity (Wildman–Crippen MR) is 192 cm³/mol. The minimum atomic E-state index is 0.598. The van der Waals surface area contributed by atoms with E-state index in [0.717, 1.165) is 27.7 Å². The molecule has 7 aromatic carbocycles. The molecule has 0 saturated carbocycles. The van der Waals surface area contributed by atoms with Gasteiger partial charge in [-0.05, 0) is 50.7 Å². The van der Waals surface area contributed by atoms with Crippen LogP contribution in [0.15, 0.2) is 158 Å². The molecule has 2 aromatic heterocycles. The Bertz CT molecular complexity index is 2650. The third kappa shape index (κ3) is 3.92. The lowest BCUT2D eigenvalue weighted by Crippen LogP contribution is -2.06. The molecular weight excluding hydrogens is 573 g/mol. The molecule has 0 saturated heterocycles. The summed E-state index contributed by atoms with van der Waals surface area (Å²) in [4.78, 5) is 15.4. The van der Waals surface area contributed by atoms with Gasteiger partial charge in [-0.15, -0.1) is 0 Å². The second-order valence-corrected chi connectivity index (χ2v) is 12.0. The molecule has 0 spiro atoms. The van der Waals surface area contributed by atoms with E-state index in [1.54, 1.807) is 0 Å². The molecule has 4 heteroatoms. The largest absolute Gasteiger partial charge is 0.278 e. The number of aromatic nitrogens is 4. The molecule has 47 heavy (non-hydrogen) atoms. The minimum absolute atomic E-state index is 0.598. The van der Waals surface area contributed by atoms with Crippen molar-refractivity contribution in [3.8, 4) is 62.1 Å². The van der Waals surface area contributed by atoms with E-state index < -0.39 is 0 Å². The number of rotatable bonds is 4. The summed E-state index contributed by atoms with van der Waals surface area (Å²) in [5.41, 5.74) is 11.5. The SMILES string of the molecule is c1ccc(-c2ccc(-c3nc(-c4ccccc4)nc(-n4c5ccccc5c5c6c(ccc54)-c4cccc5cccc-6c45)n3)cc2)cc1. The Hall–Kier alpha value is -6.39. The fourth-order valence-corrected chi connectivity index (χ4v) is 7.31. The highest BCUT2D eigenvalue weighted by Gasteiger charge is 2.27. The molecule has 0 radical (unpaired) electrons. The van der Waals surface area contributed by atoms with E-state index in [4.69, 9.17) is 15.0 Å². The molecule has 1 aliphatic rings. The molecule has 0 bridgehead atoms. The average Bonchev–Trinajstić information content (AvgIpc) is 3.66. The Labute approximate surface area is 271 Å². The smallest absolute Gasteiger partial charge is 0.238 e. The number of nitrogens with zero attached hydrogens (tertiary/aromatic N) is 4. The molecule has 2 heterocycles. The second-order valence-electron chi connectivity index (χ2n) is 12.0. The Balaban J connectivity index is 1.23. The van der Waals surface area contributed by atoms with Crippen LogP contribution in [0.2, 0.25) is 0 Å². The van der Waals surface area contributed by atoms with Crippen molar-refractivity contribution in [3.63, 3.8) is 0 Å². The molecule has 0 N–H and O–H groups in total. The molecule has 0 amide bonds. The summed E-state index contributed by atoms with van der Waals surface area (Å²) in [6, 6.07) is 55.4. The van der Waals surface area contributed by atoms with E-state index in [2.05, 4.69) is 138 Å². The van der Waals surface area contributed by atoms with Crippen molar-refractivity contribution in [2.75, 3.05) is 0 Å². The van der Waals surface area contributed by atoms with Crippen molar-refractivity contribution in [3.05, 3.63) is 158 Å². The minimum Gasteiger partial charge on any atom is -0.278 e. The van der Waals surface area contributed by atoms with Crippen LogP contribution < -0.4 is 0 Å². The van der Waals surface area contributed by atoms with Crippen LogP contribution in [0.25, 0.3) is 94.7 Å². The highest BCUT2D eigenvalue weighted by atomic mass is 15.2. The lowest BCUT2D eigenvalue weighted by molar-refractivity contribution is 0.953. The van der Waals surface area contributed by atoms with Gasteiger partial charge in [-0.1, -0.05) is 146 Å². The second kappa shape index (κ2) is 10.1. The summed E-state index contributed by atoms with van der Waals surface area (Å²) >= 11 is 0. The van der Waals surface area contributed by atoms with Gasteiger partial charge in [0.15, 0.2) is 11.6 Å². The molecule has 218 valence electrons. The van der Waals surface area contributed by atoms with E-state index in [-0.39, 0.29) is 0 Å². The monoisotopic (exact) mass is 598 g/mol. The van der Waals surface area contributed by atoms with E-state index in [1.165, 1.54) is 49.4 Å². The summed E-state index contributed by atoms with van der Waals surface area (Å²) < 4.78 is 2.21. The molecule has 0 unspecified atom stereocenters. The Morgan fingerprint density at radius 1 is 0.362 bits per heavy atom. The highest BCUT2D eigenvalue weighted by Crippen LogP contribution is 2.52. The third-order valence-electron chi connectivity index (χ3n) is 9.41. The number of para-hydroxylation sites is 1. The van der Waals surface area contributed by atoms with Crippen molar-refractivity contribution in [1.82, 2.24) is 19.5 Å². The summed E-state index contributed by atoms with van der Waals surface area (Å²) in [5, 5.41) is 4.99. The van der Waals surface area contributed by atoms with Crippen molar-refractivity contribution < 1.29 is 0 Å². The predicted octanol–water partition coefficient (Wildman–Crippen LogP) is 10.8. The number of fused-ring (bicyclic) bond motifs is 7. The first kappa shape index (κ1) is 25.9. The zero-order chi connectivity index (χ0) is 30.9. The van der Waals surface area contributed by atoms with Gasteiger partial charge in [-0.25, -0.2) is 4.98 Å². The van der Waals surface area contributed by atoms with Gasteiger partial charge in [0.05, 0.1) is 11.0 Å². The number of hydrogen-bond acceptors (Lipinski definition) is 3. The van der Waals surface area contributed by atoms with Crippen LogP contribution in [0.4, 0.5) is 0 Å². The molecule has 0 atom stereocenters. The zero-order valence-electron chi connectivity index (χ0n) is 25.3. The standard InChI is InChI=1S/C43H26N4/c1-3-11-27(12-4-1)28-21-23-31(24-22-28)42-44-41(30-13-5-2-6-14-30)45-43(46-42)47-36-20-8-7-17-34(36)40-37(47)26-25-33-32-18-9-15-29-16-10-19-35(38(29)32)39(33)40/h1-26H. The fraction of sp³-hybridized carbons (Fsp3) is 0. The third-order valence-corrected chi connectivity index (χ3v) is 9.41. The molecule has 0 fully saturated rings. The van der Waals surface area contributed by atoms with E-state index in [1.807, 2.05) is 24.3 Å².